The highest BCUT2D eigenvalue weighted by Crippen LogP contribution is 2.46. The Morgan fingerprint density at radius 1 is 1.19 bits per heavy atom. The number of pyridine rings is 1. The SMILES string of the molecule is COc1cc(C2CC(O)Oc3c2ccc2cccnc32)cc(Br)c1OC. The number of nitrogens with zero attached hydrogens (tertiary/aromatic N) is 1. The number of benzene rings is 2. The molecule has 0 aliphatic carbocycles. The molecule has 0 radical (unpaired) electrons. The van der Waals surface area contributed by atoms with Gasteiger partial charge in [0.15, 0.2) is 23.5 Å². The first-order chi connectivity index (χ1) is 12.6. The molecule has 4 rings (SSSR count). The third-order valence-corrected chi connectivity index (χ3v) is 5.27. The predicted octanol–water partition coefficient (Wildman–Crippen LogP) is 4.25. The zero-order valence-electron chi connectivity index (χ0n) is 14.4. The van der Waals surface area contributed by atoms with E-state index in [9.17, 15) is 5.11 Å². The molecular formula is C20H18BrNO4. The van der Waals surface area contributed by atoms with Gasteiger partial charge in [0.1, 0.15) is 5.52 Å². The second-order valence-electron chi connectivity index (χ2n) is 6.16. The molecule has 0 fully saturated rings. The maximum absolute atomic E-state index is 10.3. The molecule has 1 aliphatic rings. The van der Waals surface area contributed by atoms with E-state index in [1.807, 2.05) is 36.4 Å². The van der Waals surface area contributed by atoms with Crippen molar-refractivity contribution in [3.63, 3.8) is 0 Å². The normalized spacial score (nSPS) is 18.9. The fourth-order valence-corrected chi connectivity index (χ4v) is 4.12. The smallest absolute Gasteiger partial charge is 0.198 e. The molecule has 5 nitrogen and oxygen atoms in total. The zero-order valence-corrected chi connectivity index (χ0v) is 16.0. The van der Waals surface area contributed by atoms with Crippen molar-refractivity contribution >= 4 is 26.8 Å². The second kappa shape index (κ2) is 6.78. The highest BCUT2D eigenvalue weighted by molar-refractivity contribution is 9.10. The Labute approximate surface area is 159 Å². The van der Waals surface area contributed by atoms with Gasteiger partial charge in [-0.25, -0.2) is 0 Å². The van der Waals surface area contributed by atoms with E-state index in [1.54, 1.807) is 20.4 Å². The number of aliphatic hydroxyl groups excluding tert-OH is 1. The molecule has 1 aromatic heterocycles. The van der Waals surface area contributed by atoms with Gasteiger partial charge in [-0.05, 0) is 39.7 Å². The van der Waals surface area contributed by atoms with Crippen LogP contribution in [0.4, 0.5) is 0 Å². The molecule has 2 atom stereocenters. The minimum Gasteiger partial charge on any atom is -0.493 e. The van der Waals surface area contributed by atoms with Crippen LogP contribution < -0.4 is 14.2 Å². The highest BCUT2D eigenvalue weighted by Gasteiger charge is 2.31. The van der Waals surface area contributed by atoms with Crippen LogP contribution in [0.15, 0.2) is 47.1 Å². The molecule has 6 heteroatoms. The highest BCUT2D eigenvalue weighted by atomic mass is 79.9. The summed E-state index contributed by atoms with van der Waals surface area (Å²) in [5.41, 5.74) is 2.77. The lowest BCUT2D eigenvalue weighted by Gasteiger charge is -2.30. The summed E-state index contributed by atoms with van der Waals surface area (Å²) in [5, 5.41) is 11.3. The minimum atomic E-state index is -0.896. The number of rotatable bonds is 3. The number of hydrogen-bond acceptors (Lipinski definition) is 5. The van der Waals surface area contributed by atoms with Crippen LogP contribution in [-0.2, 0) is 0 Å². The molecule has 0 bridgehead atoms. The molecule has 134 valence electrons. The van der Waals surface area contributed by atoms with Crippen LogP contribution in [0.5, 0.6) is 17.2 Å². The molecule has 1 aliphatic heterocycles. The van der Waals surface area contributed by atoms with Crippen LogP contribution in [0, 0.1) is 0 Å². The number of aromatic nitrogens is 1. The molecule has 2 heterocycles. The van der Waals surface area contributed by atoms with E-state index in [-0.39, 0.29) is 5.92 Å². The van der Waals surface area contributed by atoms with Crippen molar-refractivity contribution in [2.75, 3.05) is 14.2 Å². The van der Waals surface area contributed by atoms with Crippen LogP contribution in [0.3, 0.4) is 0 Å². The van der Waals surface area contributed by atoms with E-state index in [1.165, 1.54) is 0 Å². The number of fused-ring (bicyclic) bond motifs is 3. The van der Waals surface area contributed by atoms with Crippen molar-refractivity contribution in [2.24, 2.45) is 0 Å². The van der Waals surface area contributed by atoms with Gasteiger partial charge in [0, 0.05) is 29.5 Å². The van der Waals surface area contributed by atoms with Crippen LogP contribution in [0.2, 0.25) is 0 Å². The van der Waals surface area contributed by atoms with E-state index in [4.69, 9.17) is 14.2 Å². The minimum absolute atomic E-state index is 0.0451. The average Bonchev–Trinajstić information content (AvgIpc) is 2.66. The molecule has 3 aromatic rings. The van der Waals surface area contributed by atoms with Crippen LogP contribution in [0.25, 0.3) is 10.9 Å². The first kappa shape index (κ1) is 17.1. The summed E-state index contributed by atoms with van der Waals surface area (Å²) in [4.78, 5) is 4.45. The number of methoxy groups -OCH3 is 2. The van der Waals surface area contributed by atoms with Crippen LogP contribution >= 0.6 is 15.9 Å². The van der Waals surface area contributed by atoms with Gasteiger partial charge < -0.3 is 19.3 Å². The summed E-state index contributed by atoms with van der Waals surface area (Å²) < 4.78 is 17.4. The monoisotopic (exact) mass is 415 g/mol. The fourth-order valence-electron chi connectivity index (χ4n) is 3.50. The van der Waals surface area contributed by atoms with Gasteiger partial charge in [-0.15, -0.1) is 0 Å². The predicted molar refractivity (Wildman–Crippen MR) is 102 cm³/mol. The van der Waals surface area contributed by atoms with Gasteiger partial charge in [-0.1, -0.05) is 18.2 Å². The molecule has 2 aromatic carbocycles. The Bertz CT molecular complexity index is 975. The summed E-state index contributed by atoms with van der Waals surface area (Å²) in [7, 11) is 3.21. The topological polar surface area (TPSA) is 60.8 Å². The number of hydrogen-bond donors (Lipinski definition) is 1. The van der Waals surface area contributed by atoms with E-state index in [2.05, 4.69) is 20.9 Å². The number of halogens is 1. The number of aliphatic hydroxyl groups is 1. The molecule has 0 amide bonds. The maximum Gasteiger partial charge on any atom is 0.198 e. The molecule has 0 saturated carbocycles. The van der Waals surface area contributed by atoms with Gasteiger partial charge in [0.2, 0.25) is 0 Å². The third-order valence-electron chi connectivity index (χ3n) is 4.68. The molecule has 26 heavy (non-hydrogen) atoms. The standard InChI is InChI=1S/C20H18BrNO4/c1-24-16-9-12(8-15(21)20(16)25-2)14-10-17(23)26-19-13(14)6-5-11-4-3-7-22-18(11)19/h3-9,14,17,23H,10H2,1-2H3. The van der Waals surface area contributed by atoms with Gasteiger partial charge in [0.05, 0.1) is 18.7 Å². The summed E-state index contributed by atoms with van der Waals surface area (Å²) >= 11 is 3.55. The van der Waals surface area contributed by atoms with E-state index < -0.39 is 6.29 Å². The Hall–Kier alpha value is -2.31. The van der Waals surface area contributed by atoms with E-state index >= 15 is 0 Å². The molecular weight excluding hydrogens is 398 g/mol. The fraction of sp³-hybridized carbons (Fsp3) is 0.250. The van der Waals surface area contributed by atoms with Crippen molar-refractivity contribution in [2.45, 2.75) is 18.6 Å². The van der Waals surface area contributed by atoms with Crippen molar-refractivity contribution < 1.29 is 19.3 Å². The van der Waals surface area contributed by atoms with Crippen molar-refractivity contribution in [1.29, 1.82) is 0 Å². The molecule has 0 spiro atoms. The third kappa shape index (κ3) is 2.79. The first-order valence-electron chi connectivity index (χ1n) is 8.26. The summed E-state index contributed by atoms with van der Waals surface area (Å²) in [6.07, 6.45) is 1.29. The second-order valence-corrected chi connectivity index (χ2v) is 7.01. The van der Waals surface area contributed by atoms with Gasteiger partial charge in [-0.2, -0.15) is 0 Å². The zero-order chi connectivity index (χ0) is 18.3. The first-order valence-corrected chi connectivity index (χ1v) is 9.05. The molecule has 2 unspecified atom stereocenters. The summed E-state index contributed by atoms with van der Waals surface area (Å²) in [6.45, 7) is 0. The maximum atomic E-state index is 10.3. The number of ether oxygens (including phenoxy) is 3. The Balaban J connectivity index is 1.89. The van der Waals surface area contributed by atoms with Gasteiger partial charge in [0.25, 0.3) is 0 Å². The van der Waals surface area contributed by atoms with Crippen molar-refractivity contribution in [3.8, 4) is 17.2 Å². The Morgan fingerprint density at radius 2 is 2.04 bits per heavy atom. The molecule has 0 saturated heterocycles. The van der Waals surface area contributed by atoms with Gasteiger partial charge >= 0.3 is 0 Å². The van der Waals surface area contributed by atoms with E-state index in [0.717, 1.165) is 26.5 Å². The van der Waals surface area contributed by atoms with E-state index in [0.29, 0.717) is 23.7 Å². The van der Waals surface area contributed by atoms with Crippen molar-refractivity contribution in [1.82, 2.24) is 4.98 Å². The lowest BCUT2D eigenvalue weighted by atomic mass is 9.85. The Morgan fingerprint density at radius 3 is 2.81 bits per heavy atom. The summed E-state index contributed by atoms with van der Waals surface area (Å²) in [6, 6.07) is 11.9. The molecule has 1 N–H and O–H groups in total. The largest absolute Gasteiger partial charge is 0.493 e. The van der Waals surface area contributed by atoms with Crippen LogP contribution in [-0.4, -0.2) is 30.6 Å². The lowest BCUT2D eigenvalue weighted by Crippen LogP contribution is -2.26. The lowest BCUT2D eigenvalue weighted by molar-refractivity contribution is -0.0348. The summed E-state index contributed by atoms with van der Waals surface area (Å²) in [5.74, 6) is 1.87. The van der Waals surface area contributed by atoms with Crippen LogP contribution in [0.1, 0.15) is 23.5 Å². The Kier molecular flexibility index (Phi) is 4.46. The van der Waals surface area contributed by atoms with Crippen molar-refractivity contribution in [3.05, 3.63) is 58.2 Å². The average molecular weight is 416 g/mol. The quantitative estimate of drug-likeness (QED) is 0.692. The van der Waals surface area contributed by atoms with Gasteiger partial charge in [-0.3, -0.25) is 4.98 Å².